The quantitative estimate of drug-likeness (QED) is 0.790. The fraction of sp³-hybridized carbons (Fsp3) is 0.526. The van der Waals surface area contributed by atoms with E-state index in [0.717, 1.165) is 12.0 Å². The second-order valence-electron chi connectivity index (χ2n) is 6.48. The van der Waals surface area contributed by atoms with Crippen LogP contribution in [0.2, 0.25) is 0 Å². The Labute approximate surface area is 148 Å². The van der Waals surface area contributed by atoms with Crippen LogP contribution >= 0.6 is 0 Å². The lowest BCUT2D eigenvalue weighted by molar-refractivity contribution is -0.148. The molecule has 1 heterocycles. The molecular formula is C19H26N2O4. The third-order valence-corrected chi connectivity index (χ3v) is 4.84. The largest absolute Gasteiger partial charge is 0.481 e. The van der Waals surface area contributed by atoms with Crippen molar-refractivity contribution >= 4 is 17.8 Å². The van der Waals surface area contributed by atoms with E-state index in [1.165, 1.54) is 0 Å². The summed E-state index contributed by atoms with van der Waals surface area (Å²) in [7, 11) is 0. The van der Waals surface area contributed by atoms with Gasteiger partial charge in [-0.15, -0.1) is 0 Å². The molecule has 6 heteroatoms. The molecule has 1 aliphatic heterocycles. The molecule has 2 amide bonds. The van der Waals surface area contributed by atoms with Gasteiger partial charge in [-0.05, 0) is 24.8 Å². The van der Waals surface area contributed by atoms with Gasteiger partial charge in [0.05, 0.1) is 5.41 Å². The Morgan fingerprint density at radius 3 is 2.32 bits per heavy atom. The highest BCUT2D eigenvalue weighted by atomic mass is 16.4. The smallest absolute Gasteiger partial charge is 0.314 e. The lowest BCUT2D eigenvalue weighted by atomic mass is 9.73. The predicted molar refractivity (Wildman–Crippen MR) is 94.1 cm³/mol. The zero-order chi connectivity index (χ0) is 18.3. The maximum atomic E-state index is 12.3. The molecule has 1 aromatic carbocycles. The van der Waals surface area contributed by atoms with Crippen LogP contribution in [0.3, 0.4) is 0 Å². The topological polar surface area (TPSA) is 86.7 Å². The molecule has 1 fully saturated rings. The Morgan fingerprint density at radius 2 is 1.76 bits per heavy atom. The summed E-state index contributed by atoms with van der Waals surface area (Å²) in [5.41, 5.74) is -0.148. The van der Waals surface area contributed by atoms with Crippen molar-refractivity contribution < 1.29 is 19.5 Å². The van der Waals surface area contributed by atoms with Gasteiger partial charge in [0.1, 0.15) is 0 Å². The normalized spacial score (nSPS) is 16.3. The first-order valence-corrected chi connectivity index (χ1v) is 8.83. The summed E-state index contributed by atoms with van der Waals surface area (Å²) in [5.74, 6) is -1.04. The van der Waals surface area contributed by atoms with Crippen molar-refractivity contribution in [3.8, 4) is 0 Å². The Hall–Kier alpha value is -2.37. The number of aliphatic carboxylic acids is 1. The Bertz CT molecular complexity index is 607. The number of benzene rings is 1. The summed E-state index contributed by atoms with van der Waals surface area (Å²) < 4.78 is 0. The van der Waals surface area contributed by atoms with Gasteiger partial charge in [-0.25, -0.2) is 0 Å². The first-order chi connectivity index (χ1) is 12.0. The van der Waals surface area contributed by atoms with Gasteiger partial charge in [0, 0.05) is 32.5 Å². The van der Waals surface area contributed by atoms with E-state index in [0.29, 0.717) is 32.5 Å². The van der Waals surface area contributed by atoms with Crippen LogP contribution in [0.25, 0.3) is 0 Å². The van der Waals surface area contributed by atoms with Crippen LogP contribution in [0.1, 0.15) is 44.6 Å². The van der Waals surface area contributed by atoms with Crippen LogP contribution in [0.4, 0.5) is 0 Å². The molecule has 0 spiro atoms. The SMILES string of the molecule is CCCNC(=O)CCC(=O)N1CCC(C(=O)O)(c2ccccc2)CC1. The lowest BCUT2D eigenvalue weighted by Crippen LogP contribution is -2.49. The van der Waals surface area contributed by atoms with E-state index in [1.807, 2.05) is 37.3 Å². The molecule has 6 nitrogen and oxygen atoms in total. The monoisotopic (exact) mass is 346 g/mol. The van der Waals surface area contributed by atoms with Crippen LogP contribution in [0, 0.1) is 0 Å². The first-order valence-electron chi connectivity index (χ1n) is 8.83. The molecule has 1 aliphatic rings. The molecule has 2 N–H and O–H groups in total. The number of carboxylic acid groups (broad SMARTS) is 1. The van der Waals surface area contributed by atoms with Gasteiger partial charge in [-0.1, -0.05) is 37.3 Å². The van der Waals surface area contributed by atoms with Crippen molar-refractivity contribution in [3.05, 3.63) is 35.9 Å². The number of nitrogens with one attached hydrogen (secondary N) is 1. The van der Waals surface area contributed by atoms with Crippen molar-refractivity contribution in [3.63, 3.8) is 0 Å². The highest BCUT2D eigenvalue weighted by molar-refractivity contribution is 5.85. The number of likely N-dealkylation sites (tertiary alicyclic amines) is 1. The predicted octanol–water partition coefficient (Wildman–Crippen LogP) is 1.94. The lowest BCUT2D eigenvalue weighted by Gasteiger charge is -2.39. The minimum absolute atomic E-state index is 0.0845. The van der Waals surface area contributed by atoms with Gasteiger partial charge in [0.15, 0.2) is 0 Å². The van der Waals surface area contributed by atoms with Gasteiger partial charge in [0.25, 0.3) is 0 Å². The Morgan fingerprint density at radius 1 is 1.12 bits per heavy atom. The maximum absolute atomic E-state index is 12.3. The number of piperidine rings is 1. The van der Waals surface area contributed by atoms with E-state index < -0.39 is 11.4 Å². The van der Waals surface area contributed by atoms with Crippen LogP contribution < -0.4 is 5.32 Å². The van der Waals surface area contributed by atoms with Crippen LogP contribution in [-0.4, -0.2) is 47.4 Å². The summed E-state index contributed by atoms with van der Waals surface area (Å²) in [6, 6.07) is 9.22. The summed E-state index contributed by atoms with van der Waals surface area (Å²) >= 11 is 0. The minimum atomic E-state index is -0.934. The fourth-order valence-corrected chi connectivity index (χ4v) is 3.25. The molecule has 0 atom stereocenters. The van der Waals surface area contributed by atoms with E-state index in [1.54, 1.807) is 4.90 Å². The molecule has 1 aromatic rings. The Kier molecular flexibility index (Phi) is 6.56. The highest BCUT2D eigenvalue weighted by Gasteiger charge is 2.43. The summed E-state index contributed by atoms with van der Waals surface area (Å²) in [5, 5.41) is 12.5. The van der Waals surface area contributed by atoms with Gasteiger partial charge >= 0.3 is 5.97 Å². The van der Waals surface area contributed by atoms with Crippen molar-refractivity contribution in [2.24, 2.45) is 0 Å². The molecule has 0 aromatic heterocycles. The average molecular weight is 346 g/mol. The molecule has 25 heavy (non-hydrogen) atoms. The van der Waals surface area contributed by atoms with Crippen LogP contribution in [0.5, 0.6) is 0 Å². The zero-order valence-corrected chi connectivity index (χ0v) is 14.7. The van der Waals surface area contributed by atoms with Crippen molar-refractivity contribution in [1.82, 2.24) is 10.2 Å². The van der Waals surface area contributed by atoms with Crippen LogP contribution in [0.15, 0.2) is 30.3 Å². The third-order valence-electron chi connectivity index (χ3n) is 4.84. The fourth-order valence-electron chi connectivity index (χ4n) is 3.25. The maximum Gasteiger partial charge on any atom is 0.314 e. The number of hydrogen-bond donors (Lipinski definition) is 2. The first kappa shape index (κ1) is 19.0. The number of amides is 2. The third kappa shape index (κ3) is 4.59. The Balaban J connectivity index is 1.92. The van der Waals surface area contributed by atoms with Gasteiger partial charge in [-0.2, -0.15) is 0 Å². The van der Waals surface area contributed by atoms with E-state index in [-0.39, 0.29) is 24.7 Å². The van der Waals surface area contributed by atoms with Crippen molar-refractivity contribution in [1.29, 1.82) is 0 Å². The molecule has 0 radical (unpaired) electrons. The molecule has 136 valence electrons. The van der Waals surface area contributed by atoms with E-state index in [9.17, 15) is 19.5 Å². The molecule has 0 bridgehead atoms. The molecule has 0 saturated carbocycles. The summed E-state index contributed by atoms with van der Waals surface area (Å²) in [6.07, 6.45) is 1.99. The van der Waals surface area contributed by atoms with E-state index in [2.05, 4.69) is 5.32 Å². The van der Waals surface area contributed by atoms with Crippen molar-refractivity contribution in [2.75, 3.05) is 19.6 Å². The molecule has 2 rings (SSSR count). The van der Waals surface area contributed by atoms with E-state index in [4.69, 9.17) is 0 Å². The molecule has 0 aliphatic carbocycles. The molecule has 1 saturated heterocycles. The number of carboxylic acids is 1. The van der Waals surface area contributed by atoms with Gasteiger partial charge in [0.2, 0.25) is 11.8 Å². The van der Waals surface area contributed by atoms with Gasteiger partial charge < -0.3 is 15.3 Å². The molecular weight excluding hydrogens is 320 g/mol. The van der Waals surface area contributed by atoms with E-state index >= 15 is 0 Å². The second kappa shape index (κ2) is 8.65. The number of carbonyl (C=O) groups is 3. The highest BCUT2D eigenvalue weighted by Crippen LogP contribution is 2.36. The average Bonchev–Trinajstić information content (AvgIpc) is 2.65. The number of carbonyl (C=O) groups excluding carboxylic acids is 2. The van der Waals surface area contributed by atoms with Crippen LogP contribution in [-0.2, 0) is 19.8 Å². The summed E-state index contributed by atoms with van der Waals surface area (Å²) in [6.45, 7) is 3.39. The number of hydrogen-bond acceptors (Lipinski definition) is 3. The van der Waals surface area contributed by atoms with Crippen molar-refractivity contribution in [2.45, 2.75) is 44.4 Å². The minimum Gasteiger partial charge on any atom is -0.481 e. The van der Waals surface area contributed by atoms with Gasteiger partial charge in [-0.3, -0.25) is 14.4 Å². The molecule has 0 unspecified atom stereocenters. The standard InChI is InChI=1S/C19H26N2O4/c1-2-12-20-16(22)8-9-17(23)21-13-10-19(11-14-21,18(24)25)15-6-4-3-5-7-15/h3-7H,2,8-14H2,1H3,(H,20,22)(H,24,25). The number of rotatable bonds is 7. The summed E-state index contributed by atoms with van der Waals surface area (Å²) in [4.78, 5) is 37.5. The number of nitrogens with zero attached hydrogens (tertiary/aromatic N) is 1. The zero-order valence-electron chi connectivity index (χ0n) is 14.7. The second-order valence-corrected chi connectivity index (χ2v) is 6.48.